The van der Waals surface area contributed by atoms with Crippen LogP contribution in [0.3, 0.4) is 0 Å². The Morgan fingerprint density at radius 3 is 1.72 bits per heavy atom. The molecule has 0 amide bonds. The third-order valence-corrected chi connectivity index (χ3v) is 4.96. The lowest BCUT2D eigenvalue weighted by Gasteiger charge is -2.08. The molecule has 0 saturated carbocycles. The first-order valence-corrected chi connectivity index (χ1v) is 12.4. The van der Waals surface area contributed by atoms with Crippen LogP contribution >= 0.6 is 0 Å². The normalized spacial score (nSPS) is 7.07. The second-order valence-electron chi connectivity index (χ2n) is 7.84. The van der Waals surface area contributed by atoms with E-state index in [-0.39, 0.29) is 22.0 Å². The van der Waals surface area contributed by atoms with E-state index in [0.717, 1.165) is 28.0 Å². The molecule has 3 aromatic carbocycles. The van der Waals surface area contributed by atoms with Crippen molar-refractivity contribution < 1.29 is 7.13 Å². The van der Waals surface area contributed by atoms with E-state index >= 15 is 0 Å². The number of terminal acetylenes is 1. The van der Waals surface area contributed by atoms with E-state index in [2.05, 4.69) is 136 Å². The molecule has 1 aromatic heterocycles. The first kappa shape index (κ1) is 38.4. The zero-order chi connectivity index (χ0) is 31.8. The van der Waals surface area contributed by atoms with Gasteiger partial charge in [0, 0.05) is 18.4 Å². The van der Waals surface area contributed by atoms with Gasteiger partial charge in [0.2, 0.25) is 0 Å². The second-order valence-corrected chi connectivity index (χ2v) is 7.84. The van der Waals surface area contributed by atoms with Crippen molar-refractivity contribution >= 4 is 27.5 Å². The summed E-state index contributed by atoms with van der Waals surface area (Å²) in [5.74, 6) is 41.9. The number of nitrogens with zero attached hydrogens (tertiary/aromatic N) is 4. The molecule has 1 heterocycles. The molecule has 46 heavy (non-hydrogen) atoms. The first-order chi connectivity index (χ1) is 21.5. The van der Waals surface area contributed by atoms with Crippen molar-refractivity contribution in [3.63, 3.8) is 0 Å². The van der Waals surface area contributed by atoms with Crippen molar-refractivity contribution in [2.45, 2.75) is 28.7 Å². The van der Waals surface area contributed by atoms with Gasteiger partial charge in [-0.25, -0.2) is 9.97 Å². The minimum absolute atomic E-state index is 0. The molecule has 3 N–H and O–H groups in total. The van der Waals surface area contributed by atoms with E-state index in [1.807, 2.05) is 37.3 Å². The molecule has 0 aliphatic carbocycles. The largest absolute Gasteiger partial charge is 0.399 e. The molecule has 0 atom stereocenters. The maximum atomic E-state index is 6.86. The Bertz CT molecular complexity index is 2320. The van der Waals surface area contributed by atoms with Gasteiger partial charge in [0.15, 0.2) is 0 Å². The average Bonchev–Trinajstić information content (AvgIpc) is 3.03. The van der Waals surface area contributed by atoms with Gasteiger partial charge in [-0.15, -0.1) is 12.0 Å². The molecule has 4 rings (SSSR count). The van der Waals surface area contributed by atoms with Crippen LogP contribution in [0.25, 0.3) is 43.5 Å². The molecule has 0 unspecified atom stereocenters. The van der Waals surface area contributed by atoms with Crippen molar-refractivity contribution in [2.75, 3.05) is 5.73 Å². The molecule has 0 spiro atoms. The minimum atomic E-state index is 0. The molecule has 4 aromatic rings. The zero-order valence-corrected chi connectivity index (χ0v) is 23.7. The molecular formula is C40H38N6. The molecule has 6 heteroatoms. The highest BCUT2D eigenvalue weighted by Crippen LogP contribution is 2.27. The SMILES string of the molecule is C.C.C#CC#CC#CC#CC#CC#CC#CC#CC#CC.Cc1nc2ccc(N)cc2nc1-c1ccc2ccccc2c1.[HH].[HH].[HH].[HH].[HH].[N-]=[N+]=N. The summed E-state index contributed by atoms with van der Waals surface area (Å²) in [5, 5.41) is 2.43. The van der Waals surface area contributed by atoms with Gasteiger partial charge in [-0.1, -0.05) is 57.2 Å². The summed E-state index contributed by atoms with van der Waals surface area (Å²) < 4.78 is 0. The van der Waals surface area contributed by atoms with Crippen LogP contribution in [0.15, 0.2) is 60.7 Å². The fourth-order valence-corrected chi connectivity index (χ4v) is 3.27. The number of aromatic nitrogens is 2. The van der Waals surface area contributed by atoms with E-state index in [1.165, 1.54) is 10.8 Å². The molecule has 228 valence electrons. The van der Waals surface area contributed by atoms with Gasteiger partial charge in [0.05, 0.1) is 22.4 Å². The predicted molar refractivity (Wildman–Crippen MR) is 202 cm³/mol. The number of hydrogen-bond acceptors (Lipinski definition) is 4. The lowest BCUT2D eigenvalue weighted by Crippen LogP contribution is -1.95. The highest BCUT2D eigenvalue weighted by atomic mass is 15.0. The summed E-state index contributed by atoms with van der Waals surface area (Å²) >= 11 is 0. The zero-order valence-electron chi connectivity index (χ0n) is 23.7. The molecule has 0 saturated heterocycles. The van der Waals surface area contributed by atoms with Gasteiger partial charge in [0.25, 0.3) is 0 Å². The first-order valence-electron chi connectivity index (χ1n) is 12.4. The van der Waals surface area contributed by atoms with Gasteiger partial charge >= 0.3 is 0 Å². The average molecular weight is 603 g/mol. The van der Waals surface area contributed by atoms with E-state index in [1.54, 1.807) is 11.8 Å². The Hall–Kier alpha value is -7.59. The number of anilines is 1. The number of nitrogens with two attached hydrogens (primary N) is 1. The maximum Gasteiger partial charge on any atom is 0.0922 e. The van der Waals surface area contributed by atoms with Crippen LogP contribution in [0.1, 0.15) is 34.6 Å². The molecule has 0 fully saturated rings. The predicted octanol–water partition coefficient (Wildman–Crippen LogP) is 8.38. The Balaban J connectivity index is -0.000000165. The fourth-order valence-electron chi connectivity index (χ4n) is 3.27. The highest BCUT2D eigenvalue weighted by Gasteiger charge is 2.08. The lowest BCUT2D eigenvalue weighted by atomic mass is 10.0. The van der Waals surface area contributed by atoms with Crippen LogP contribution in [-0.4, -0.2) is 9.97 Å². The topological polar surface area (TPSA) is 112 Å². The summed E-state index contributed by atoms with van der Waals surface area (Å²) in [7, 11) is 0. The van der Waals surface area contributed by atoms with Crippen LogP contribution in [0.4, 0.5) is 5.69 Å². The Morgan fingerprint density at radius 1 is 0.696 bits per heavy atom. The van der Waals surface area contributed by atoms with Gasteiger partial charge in [0.1, 0.15) is 0 Å². The summed E-state index contributed by atoms with van der Waals surface area (Å²) in [6.45, 7) is 3.69. The van der Waals surface area contributed by atoms with E-state index in [9.17, 15) is 0 Å². The van der Waals surface area contributed by atoms with Crippen molar-refractivity contribution in [3.05, 3.63) is 76.8 Å². The molecule has 6 nitrogen and oxygen atoms in total. The smallest absolute Gasteiger partial charge is 0.0922 e. The van der Waals surface area contributed by atoms with Crippen LogP contribution in [0.2, 0.25) is 0 Å². The summed E-state index contributed by atoms with van der Waals surface area (Å²) in [6.07, 6.45) is 4.89. The van der Waals surface area contributed by atoms with Crippen LogP contribution < -0.4 is 5.73 Å². The molecule has 0 aliphatic heterocycles. The Morgan fingerprint density at radius 2 is 1.20 bits per heavy atom. The molecular weight excluding hydrogens is 564 g/mol. The van der Waals surface area contributed by atoms with E-state index < -0.39 is 0 Å². The third kappa shape index (κ3) is 13.9. The fraction of sp³-hybridized carbons (Fsp3) is 0.100. The van der Waals surface area contributed by atoms with E-state index in [0.29, 0.717) is 5.69 Å². The molecule has 0 radical (unpaired) electrons. The highest BCUT2D eigenvalue weighted by molar-refractivity contribution is 5.88. The number of benzene rings is 3. The molecule has 0 aliphatic rings. The number of nitrogen functional groups attached to an aromatic ring is 1. The number of aryl methyl sites for hydroxylation is 1. The summed E-state index contributed by atoms with van der Waals surface area (Å²) in [5.41, 5.74) is 23.4. The monoisotopic (exact) mass is 602 g/mol. The Labute approximate surface area is 279 Å². The molecule has 0 bridgehead atoms. The minimum Gasteiger partial charge on any atom is -0.399 e. The summed E-state index contributed by atoms with van der Waals surface area (Å²) in [6, 6.07) is 20.3. The van der Waals surface area contributed by atoms with Crippen LogP contribution in [0, 0.1) is 120 Å². The van der Waals surface area contributed by atoms with Gasteiger partial charge < -0.3 is 5.73 Å². The van der Waals surface area contributed by atoms with Crippen molar-refractivity contribution in [3.8, 4) is 118 Å². The number of nitrogens with one attached hydrogen (secondary N) is 1. The second kappa shape index (κ2) is 23.0. The van der Waals surface area contributed by atoms with Crippen molar-refractivity contribution in [2.24, 2.45) is 0 Å². The lowest BCUT2D eigenvalue weighted by molar-refractivity contribution is 1.19. The van der Waals surface area contributed by atoms with Gasteiger partial charge in [-0.3, -0.25) is 0 Å². The third-order valence-electron chi connectivity index (χ3n) is 4.96. The van der Waals surface area contributed by atoms with Gasteiger partial charge in [-0.05, 0) is 154 Å². The van der Waals surface area contributed by atoms with E-state index in [4.69, 9.17) is 28.2 Å². The van der Waals surface area contributed by atoms with Crippen LogP contribution in [0.5, 0.6) is 0 Å². The maximum absolute atomic E-state index is 6.86. The number of fused-ring (bicyclic) bond motifs is 2. The quantitative estimate of drug-likeness (QED) is 0.0750. The van der Waals surface area contributed by atoms with Gasteiger partial charge in [-0.2, -0.15) is 0 Å². The number of hydrogen-bond donors (Lipinski definition) is 2. The van der Waals surface area contributed by atoms with Crippen molar-refractivity contribution in [1.82, 2.24) is 9.97 Å². The summed E-state index contributed by atoms with van der Waals surface area (Å²) in [4.78, 5) is 11.2. The number of rotatable bonds is 1. The van der Waals surface area contributed by atoms with Crippen LogP contribution in [-0.2, 0) is 0 Å². The van der Waals surface area contributed by atoms with Crippen molar-refractivity contribution in [1.29, 1.82) is 5.53 Å². The Kier molecular flexibility index (Phi) is 19.2. The standard InChI is InChI=1S/C19H15N3.C19H4.2CH4.HN3.5H2/c1-12-19(22-18-11-16(20)8-9-17(18)21-12)15-7-6-13-4-2-3-5-14(13)10-15;1-3-5-7-9-11-13-15-17-19-18-16-14-12-10-8-6-4-2;;;1-3-2;;;;;/h2-11H,20H2,1H3;1H,2H3;2*1H4;1H;5*1H.